The van der Waals surface area contributed by atoms with Crippen molar-refractivity contribution < 1.29 is 4.52 Å². The van der Waals surface area contributed by atoms with Crippen LogP contribution in [0.5, 0.6) is 5.88 Å². The molecule has 0 unspecified atom stereocenters. The first-order chi connectivity index (χ1) is 7.41. The monoisotopic (exact) mass is 248 g/mol. The van der Waals surface area contributed by atoms with Gasteiger partial charge in [-0.2, -0.15) is 0 Å². The Bertz CT molecular complexity index is 291. The predicted octanol–water partition coefficient (Wildman–Crippen LogP) is 0.278. The van der Waals surface area contributed by atoms with Crippen molar-refractivity contribution in [3.8, 4) is 5.88 Å². The molecule has 0 aliphatic heterocycles. The Morgan fingerprint density at radius 2 is 1.56 bits per heavy atom. The van der Waals surface area contributed by atoms with Crippen LogP contribution < -0.4 is 4.52 Å². The van der Waals surface area contributed by atoms with Gasteiger partial charge in [-0.3, -0.25) is 0 Å². The number of rotatable bonds is 5. The van der Waals surface area contributed by atoms with Gasteiger partial charge in [0.1, 0.15) is 0 Å². The van der Waals surface area contributed by atoms with E-state index >= 15 is 0 Å². The molecule has 0 atom stereocenters. The van der Waals surface area contributed by atoms with Gasteiger partial charge in [0.25, 0.3) is 0 Å². The number of H-pyrrole nitrogens is 1. The Balaban J connectivity index is 3.02. The first-order valence-corrected chi connectivity index (χ1v) is 6.74. The minimum absolute atomic E-state index is 0.516. The number of hydrogen-bond donors (Lipinski definition) is 1. The van der Waals surface area contributed by atoms with Crippen molar-refractivity contribution in [2.24, 2.45) is 0 Å². The second kappa shape index (κ2) is 5.05. The summed E-state index contributed by atoms with van der Waals surface area (Å²) in [6, 6.07) is 0. The van der Waals surface area contributed by atoms with Crippen LogP contribution >= 0.6 is 7.94 Å². The van der Waals surface area contributed by atoms with Crippen molar-refractivity contribution >= 4 is 7.94 Å². The molecule has 0 saturated carbocycles. The molecule has 1 aromatic heterocycles. The van der Waals surface area contributed by atoms with Crippen LogP contribution in [0.3, 0.4) is 0 Å². The zero-order valence-corrected chi connectivity index (χ0v) is 11.7. The average Bonchev–Trinajstić information content (AvgIpc) is 2.64. The molecule has 7 nitrogen and oxygen atoms in total. The van der Waals surface area contributed by atoms with Gasteiger partial charge in [0.05, 0.1) is 0 Å². The number of aromatic amines is 1. The molecule has 0 radical (unpaired) electrons. The molecule has 1 rings (SSSR count). The zero-order chi connectivity index (χ0) is 12.3. The molecule has 1 heterocycles. The van der Waals surface area contributed by atoms with E-state index in [1.54, 1.807) is 6.20 Å². The van der Waals surface area contributed by atoms with Crippen molar-refractivity contribution in [2.45, 2.75) is 0 Å². The van der Waals surface area contributed by atoms with Gasteiger partial charge in [-0.15, -0.1) is 0 Å². The van der Waals surface area contributed by atoms with Crippen LogP contribution in [0, 0.1) is 0 Å². The SMILES string of the molecule is CN(C)[PH](Oc1c[nH]nn1)(N(C)C)N(C)C. The minimum atomic E-state index is -2.35. The molecule has 0 aliphatic carbocycles. The van der Waals surface area contributed by atoms with E-state index in [2.05, 4.69) is 29.4 Å². The summed E-state index contributed by atoms with van der Waals surface area (Å²) in [5.74, 6) is 0.516. The molecule has 0 saturated heterocycles. The zero-order valence-electron chi connectivity index (χ0n) is 10.7. The van der Waals surface area contributed by atoms with Gasteiger partial charge >= 0.3 is 96.3 Å². The summed E-state index contributed by atoms with van der Waals surface area (Å²) in [6.07, 6.45) is 1.65. The first-order valence-electron chi connectivity index (χ1n) is 4.99. The van der Waals surface area contributed by atoms with Gasteiger partial charge in [-0.1, -0.05) is 0 Å². The Morgan fingerprint density at radius 1 is 1.06 bits per heavy atom. The van der Waals surface area contributed by atoms with Crippen LogP contribution in [-0.2, 0) is 0 Å². The molecule has 0 amide bonds. The first kappa shape index (κ1) is 13.3. The summed E-state index contributed by atoms with van der Waals surface area (Å²) < 4.78 is 12.3. The third kappa shape index (κ3) is 2.32. The van der Waals surface area contributed by atoms with Gasteiger partial charge in [-0.05, 0) is 0 Å². The molecule has 16 heavy (non-hydrogen) atoms. The molecule has 8 heteroatoms. The van der Waals surface area contributed by atoms with E-state index in [0.717, 1.165) is 0 Å². The standard InChI is InChI=1S/C8H21N6OP/c1-12(2)16(13(3)4,14(5)6)15-8-7-9-11-10-8/h7,16H,1-6H3,(H,9,10,11). The number of hydrogen-bond acceptors (Lipinski definition) is 6. The molecule has 0 aliphatic rings. The Hall–Kier alpha value is -0.750. The van der Waals surface area contributed by atoms with Gasteiger partial charge in [0, 0.05) is 0 Å². The predicted molar refractivity (Wildman–Crippen MR) is 66.4 cm³/mol. The maximum absolute atomic E-state index is 6.04. The van der Waals surface area contributed by atoms with Gasteiger partial charge in [0.2, 0.25) is 0 Å². The fraction of sp³-hybridized carbons (Fsp3) is 0.750. The molecule has 0 spiro atoms. The normalized spacial score (nSPS) is 13.8. The topological polar surface area (TPSA) is 60.5 Å². The number of nitrogens with one attached hydrogen (secondary N) is 1. The van der Waals surface area contributed by atoms with Crippen LogP contribution in [0.2, 0.25) is 0 Å². The molecule has 0 fully saturated rings. The summed E-state index contributed by atoms with van der Waals surface area (Å²) >= 11 is 0. The second-order valence-electron chi connectivity index (χ2n) is 4.17. The maximum atomic E-state index is 6.04. The van der Waals surface area contributed by atoms with Crippen LogP contribution in [0.4, 0.5) is 0 Å². The fourth-order valence-corrected chi connectivity index (χ4v) is 5.18. The summed E-state index contributed by atoms with van der Waals surface area (Å²) in [5.41, 5.74) is 0. The molecular weight excluding hydrogens is 227 g/mol. The second-order valence-corrected chi connectivity index (χ2v) is 8.21. The third-order valence-corrected chi connectivity index (χ3v) is 6.36. The van der Waals surface area contributed by atoms with E-state index in [0.29, 0.717) is 5.88 Å². The van der Waals surface area contributed by atoms with Crippen LogP contribution in [0.25, 0.3) is 0 Å². The van der Waals surface area contributed by atoms with Crippen molar-refractivity contribution in [3.63, 3.8) is 0 Å². The number of aromatic nitrogens is 3. The van der Waals surface area contributed by atoms with Crippen LogP contribution in [-0.4, -0.2) is 71.7 Å². The molecule has 0 bridgehead atoms. The van der Waals surface area contributed by atoms with Gasteiger partial charge in [0.15, 0.2) is 0 Å². The summed E-state index contributed by atoms with van der Waals surface area (Å²) in [5, 5.41) is 10.2. The fourth-order valence-electron chi connectivity index (χ4n) is 1.86. The van der Waals surface area contributed by atoms with Crippen LogP contribution in [0.1, 0.15) is 0 Å². The van der Waals surface area contributed by atoms with Crippen LogP contribution in [0.15, 0.2) is 6.20 Å². The quantitative estimate of drug-likeness (QED) is 0.755. The van der Waals surface area contributed by atoms with E-state index in [1.807, 2.05) is 42.3 Å². The Kier molecular flexibility index (Phi) is 4.21. The van der Waals surface area contributed by atoms with Crippen molar-refractivity contribution in [1.29, 1.82) is 0 Å². The van der Waals surface area contributed by atoms with Gasteiger partial charge in [-0.25, -0.2) is 0 Å². The Morgan fingerprint density at radius 3 is 1.88 bits per heavy atom. The van der Waals surface area contributed by atoms with Crippen molar-refractivity contribution in [3.05, 3.63) is 6.20 Å². The average molecular weight is 248 g/mol. The molecule has 1 aromatic rings. The molecule has 94 valence electrons. The van der Waals surface area contributed by atoms with Gasteiger partial charge < -0.3 is 0 Å². The molecule has 1 N–H and O–H groups in total. The van der Waals surface area contributed by atoms with Crippen molar-refractivity contribution in [2.75, 3.05) is 42.3 Å². The van der Waals surface area contributed by atoms with E-state index in [4.69, 9.17) is 4.52 Å². The third-order valence-electron chi connectivity index (χ3n) is 2.38. The van der Waals surface area contributed by atoms with E-state index in [-0.39, 0.29) is 0 Å². The molecule has 0 aromatic carbocycles. The summed E-state index contributed by atoms with van der Waals surface area (Å²) in [4.78, 5) is 0. The van der Waals surface area contributed by atoms with E-state index in [9.17, 15) is 0 Å². The van der Waals surface area contributed by atoms with E-state index < -0.39 is 7.94 Å². The summed E-state index contributed by atoms with van der Waals surface area (Å²) in [6.45, 7) is 0. The van der Waals surface area contributed by atoms with Crippen molar-refractivity contribution in [1.82, 2.24) is 29.4 Å². The number of nitrogens with zero attached hydrogens (tertiary/aromatic N) is 5. The summed E-state index contributed by atoms with van der Waals surface area (Å²) in [7, 11) is 9.68. The van der Waals surface area contributed by atoms with E-state index in [1.165, 1.54) is 0 Å². The Labute approximate surface area is 96.9 Å². The molecular formula is C8H21N6OP.